The molecule has 2 aromatic carbocycles. The highest BCUT2D eigenvalue weighted by atomic mass is 19.1. The third-order valence-corrected chi connectivity index (χ3v) is 4.35. The number of aromatic nitrogens is 1. The van der Waals surface area contributed by atoms with Gasteiger partial charge in [-0.1, -0.05) is 24.3 Å². The lowest BCUT2D eigenvalue weighted by Crippen LogP contribution is -2.22. The van der Waals surface area contributed by atoms with Gasteiger partial charge in [-0.15, -0.1) is 0 Å². The van der Waals surface area contributed by atoms with E-state index in [1.165, 1.54) is 17.7 Å². The zero-order valence-corrected chi connectivity index (χ0v) is 14.3. The molecule has 3 aromatic rings. The maximum Gasteiger partial charge on any atom is 0.231 e. The zero-order chi connectivity index (χ0) is 17.8. The topological polar surface area (TPSA) is 34.6 Å². The van der Waals surface area contributed by atoms with E-state index in [0.717, 1.165) is 29.2 Å². The minimum absolute atomic E-state index is 0.221. The van der Waals surface area contributed by atoms with Gasteiger partial charge < -0.3 is 9.47 Å². The molecule has 5 heteroatoms. The number of hydrogen-bond donors (Lipinski definition) is 0. The number of para-hydroxylation sites is 1. The van der Waals surface area contributed by atoms with Gasteiger partial charge in [-0.2, -0.15) is 0 Å². The maximum absolute atomic E-state index is 13.2. The summed E-state index contributed by atoms with van der Waals surface area (Å²) in [6, 6.07) is 16.6. The Morgan fingerprint density at radius 3 is 2.35 bits per heavy atom. The van der Waals surface area contributed by atoms with E-state index in [0.29, 0.717) is 13.1 Å². The van der Waals surface area contributed by atoms with Crippen molar-refractivity contribution in [2.24, 2.45) is 0 Å². The number of rotatable bonds is 6. The van der Waals surface area contributed by atoms with Crippen molar-refractivity contribution in [3.8, 4) is 11.5 Å². The van der Waals surface area contributed by atoms with Gasteiger partial charge in [0.25, 0.3) is 0 Å². The first kappa shape index (κ1) is 16.5. The lowest BCUT2D eigenvalue weighted by Gasteiger charge is -2.23. The Bertz CT molecular complexity index is 869. The van der Waals surface area contributed by atoms with Crippen LogP contribution in [0.15, 0.2) is 67.0 Å². The van der Waals surface area contributed by atoms with Crippen molar-refractivity contribution < 1.29 is 13.9 Å². The fraction of sp³-hybridized carbons (Fsp3) is 0.190. The molecule has 2 heterocycles. The average Bonchev–Trinajstić information content (AvgIpc) is 3.14. The minimum atomic E-state index is -0.221. The third kappa shape index (κ3) is 3.83. The summed E-state index contributed by atoms with van der Waals surface area (Å²) >= 11 is 0. The van der Waals surface area contributed by atoms with Crippen LogP contribution in [0, 0.1) is 5.82 Å². The van der Waals surface area contributed by atoms with Gasteiger partial charge in [0.2, 0.25) is 6.79 Å². The molecule has 0 aliphatic carbocycles. The molecule has 0 radical (unpaired) electrons. The Morgan fingerprint density at radius 1 is 0.846 bits per heavy atom. The van der Waals surface area contributed by atoms with Gasteiger partial charge in [-0.25, -0.2) is 4.39 Å². The quantitative estimate of drug-likeness (QED) is 0.669. The van der Waals surface area contributed by atoms with Gasteiger partial charge >= 0.3 is 0 Å². The summed E-state index contributed by atoms with van der Waals surface area (Å²) in [6.45, 7) is 2.42. The fourth-order valence-corrected chi connectivity index (χ4v) is 3.12. The number of hydrogen-bond acceptors (Lipinski definition) is 4. The molecule has 1 aliphatic rings. The van der Waals surface area contributed by atoms with Crippen molar-refractivity contribution in [2.45, 2.75) is 19.6 Å². The lowest BCUT2D eigenvalue weighted by atomic mass is 10.1. The number of fused-ring (bicyclic) bond motifs is 1. The van der Waals surface area contributed by atoms with Crippen molar-refractivity contribution in [2.75, 3.05) is 6.79 Å². The zero-order valence-electron chi connectivity index (χ0n) is 14.3. The molecule has 1 aliphatic heterocycles. The molecule has 0 unspecified atom stereocenters. The van der Waals surface area contributed by atoms with Crippen molar-refractivity contribution in [1.82, 2.24) is 9.88 Å². The molecule has 0 amide bonds. The molecule has 0 spiro atoms. The van der Waals surface area contributed by atoms with Gasteiger partial charge in [-0.3, -0.25) is 9.88 Å². The molecule has 4 rings (SSSR count). The van der Waals surface area contributed by atoms with Crippen LogP contribution in [0.2, 0.25) is 0 Å². The first-order valence-corrected chi connectivity index (χ1v) is 8.51. The van der Waals surface area contributed by atoms with Crippen LogP contribution in [0.4, 0.5) is 4.39 Å². The molecule has 26 heavy (non-hydrogen) atoms. The molecular weight excluding hydrogens is 331 g/mol. The number of nitrogens with zero attached hydrogens (tertiary/aromatic N) is 2. The Balaban J connectivity index is 1.57. The second-order valence-corrected chi connectivity index (χ2v) is 6.28. The van der Waals surface area contributed by atoms with E-state index in [1.54, 1.807) is 12.4 Å². The van der Waals surface area contributed by atoms with Gasteiger partial charge in [0.15, 0.2) is 11.5 Å². The molecule has 0 fully saturated rings. The van der Waals surface area contributed by atoms with E-state index in [9.17, 15) is 4.39 Å². The molecule has 1 aromatic heterocycles. The fourth-order valence-electron chi connectivity index (χ4n) is 3.12. The highest BCUT2D eigenvalue weighted by Crippen LogP contribution is 2.36. The van der Waals surface area contributed by atoms with Gasteiger partial charge in [-0.05, 0) is 41.5 Å². The van der Waals surface area contributed by atoms with Gasteiger partial charge in [0, 0.05) is 37.6 Å². The molecule has 0 bridgehead atoms. The van der Waals surface area contributed by atoms with Gasteiger partial charge in [0.05, 0.1) is 0 Å². The smallest absolute Gasteiger partial charge is 0.231 e. The Kier molecular flexibility index (Phi) is 4.80. The van der Waals surface area contributed by atoms with Crippen LogP contribution in [-0.4, -0.2) is 16.7 Å². The molecule has 0 N–H and O–H groups in total. The van der Waals surface area contributed by atoms with Crippen LogP contribution in [0.1, 0.15) is 16.7 Å². The first-order valence-electron chi connectivity index (χ1n) is 8.51. The maximum atomic E-state index is 13.2. The number of ether oxygens (including phenoxy) is 2. The van der Waals surface area contributed by atoms with E-state index in [4.69, 9.17) is 9.47 Å². The van der Waals surface area contributed by atoms with Crippen molar-refractivity contribution >= 4 is 0 Å². The standard InChI is InChI=1S/C21H19FN2O2/c22-19-6-4-16(5-7-19)12-24(13-17-8-10-23-11-9-17)14-18-2-1-3-20-21(18)26-15-25-20/h1-11H,12-15H2. The molecular formula is C21H19FN2O2. The van der Waals surface area contributed by atoms with E-state index in [-0.39, 0.29) is 12.6 Å². The summed E-state index contributed by atoms with van der Waals surface area (Å²) in [4.78, 5) is 6.37. The van der Waals surface area contributed by atoms with Crippen LogP contribution in [0.3, 0.4) is 0 Å². The predicted octanol–water partition coefficient (Wildman–Crippen LogP) is 4.15. The Hall–Kier alpha value is -2.92. The summed E-state index contributed by atoms with van der Waals surface area (Å²) in [5.74, 6) is 1.38. The molecule has 132 valence electrons. The highest BCUT2D eigenvalue weighted by molar-refractivity contribution is 5.48. The van der Waals surface area contributed by atoms with Crippen molar-refractivity contribution in [3.05, 3.63) is 89.5 Å². The summed E-state index contributed by atoms with van der Waals surface area (Å²) in [7, 11) is 0. The van der Waals surface area contributed by atoms with Crippen LogP contribution in [-0.2, 0) is 19.6 Å². The largest absolute Gasteiger partial charge is 0.454 e. The Morgan fingerprint density at radius 2 is 1.58 bits per heavy atom. The molecule has 0 atom stereocenters. The summed E-state index contributed by atoms with van der Waals surface area (Å²) in [5, 5.41) is 0. The highest BCUT2D eigenvalue weighted by Gasteiger charge is 2.19. The number of halogens is 1. The van der Waals surface area contributed by atoms with Crippen LogP contribution < -0.4 is 9.47 Å². The van der Waals surface area contributed by atoms with E-state index in [2.05, 4.69) is 16.0 Å². The lowest BCUT2D eigenvalue weighted by molar-refractivity contribution is 0.171. The normalized spacial score (nSPS) is 12.5. The van der Waals surface area contributed by atoms with Crippen LogP contribution in [0.25, 0.3) is 0 Å². The summed E-state index contributed by atoms with van der Waals surface area (Å²) in [6.07, 6.45) is 3.59. The van der Waals surface area contributed by atoms with Crippen molar-refractivity contribution in [3.63, 3.8) is 0 Å². The Labute approximate surface area is 151 Å². The van der Waals surface area contributed by atoms with E-state index < -0.39 is 0 Å². The second kappa shape index (κ2) is 7.54. The van der Waals surface area contributed by atoms with Crippen LogP contribution >= 0.6 is 0 Å². The number of pyridine rings is 1. The molecule has 0 saturated carbocycles. The number of benzene rings is 2. The first-order chi connectivity index (χ1) is 12.8. The third-order valence-electron chi connectivity index (χ3n) is 4.35. The minimum Gasteiger partial charge on any atom is -0.454 e. The van der Waals surface area contributed by atoms with Crippen molar-refractivity contribution in [1.29, 1.82) is 0 Å². The molecule has 4 nitrogen and oxygen atoms in total. The SMILES string of the molecule is Fc1ccc(CN(Cc2ccncc2)Cc2cccc3c2OCO3)cc1. The second-order valence-electron chi connectivity index (χ2n) is 6.28. The van der Waals surface area contributed by atoms with Crippen LogP contribution in [0.5, 0.6) is 11.5 Å². The average molecular weight is 350 g/mol. The predicted molar refractivity (Wildman–Crippen MR) is 96.2 cm³/mol. The van der Waals surface area contributed by atoms with Gasteiger partial charge in [0.1, 0.15) is 5.82 Å². The van der Waals surface area contributed by atoms with E-state index >= 15 is 0 Å². The summed E-state index contributed by atoms with van der Waals surface area (Å²) < 4.78 is 24.3. The monoisotopic (exact) mass is 350 g/mol. The summed E-state index contributed by atoms with van der Waals surface area (Å²) in [5.41, 5.74) is 3.31. The molecule has 0 saturated heterocycles. The van der Waals surface area contributed by atoms with E-state index in [1.807, 2.05) is 36.4 Å².